The summed E-state index contributed by atoms with van der Waals surface area (Å²) in [6, 6.07) is 11.2. The highest BCUT2D eigenvalue weighted by Crippen LogP contribution is 2.38. The van der Waals surface area contributed by atoms with Crippen molar-refractivity contribution < 1.29 is 9.59 Å². The molecule has 1 aromatic rings. The second-order valence-electron chi connectivity index (χ2n) is 7.86. The molecular formula is C20H27N3O2. The molecule has 25 heavy (non-hydrogen) atoms. The zero-order chi connectivity index (χ0) is 17.3. The van der Waals surface area contributed by atoms with Crippen molar-refractivity contribution in [2.75, 3.05) is 0 Å². The zero-order valence-electron chi connectivity index (χ0n) is 14.6. The lowest BCUT2D eigenvalue weighted by atomic mass is 9.78. The number of imide groups is 1. The van der Waals surface area contributed by atoms with Gasteiger partial charge >= 0.3 is 6.03 Å². The topological polar surface area (TPSA) is 70.2 Å². The SMILES string of the molecule is O=C1NC(=O)C2(CCC(N[C@H](c3ccccc3)C3CCCC3)CC2)N1. The molecule has 2 saturated carbocycles. The van der Waals surface area contributed by atoms with Crippen molar-refractivity contribution in [3.8, 4) is 0 Å². The molecule has 0 unspecified atom stereocenters. The fraction of sp³-hybridized carbons (Fsp3) is 0.600. The van der Waals surface area contributed by atoms with Crippen LogP contribution in [0.25, 0.3) is 0 Å². The van der Waals surface area contributed by atoms with Crippen molar-refractivity contribution >= 4 is 11.9 Å². The van der Waals surface area contributed by atoms with Gasteiger partial charge in [-0.1, -0.05) is 43.2 Å². The Bertz CT molecular complexity index is 632. The van der Waals surface area contributed by atoms with Crippen LogP contribution in [-0.4, -0.2) is 23.5 Å². The predicted octanol–water partition coefficient (Wildman–Crippen LogP) is 3.03. The maximum Gasteiger partial charge on any atom is 0.322 e. The van der Waals surface area contributed by atoms with Gasteiger partial charge in [0.2, 0.25) is 0 Å². The van der Waals surface area contributed by atoms with Gasteiger partial charge in [0, 0.05) is 12.1 Å². The van der Waals surface area contributed by atoms with Crippen LogP contribution in [0, 0.1) is 5.92 Å². The number of carbonyl (C=O) groups is 2. The molecule has 1 aromatic carbocycles. The quantitative estimate of drug-likeness (QED) is 0.737. The van der Waals surface area contributed by atoms with Crippen LogP contribution in [0.4, 0.5) is 4.79 Å². The molecule has 1 heterocycles. The van der Waals surface area contributed by atoms with E-state index in [1.54, 1.807) is 0 Å². The first-order valence-corrected chi connectivity index (χ1v) is 9.61. The van der Waals surface area contributed by atoms with Crippen molar-refractivity contribution in [2.24, 2.45) is 5.92 Å². The molecule has 0 bridgehead atoms. The molecule has 134 valence electrons. The fourth-order valence-electron chi connectivity index (χ4n) is 4.87. The first-order valence-electron chi connectivity index (χ1n) is 9.61. The summed E-state index contributed by atoms with van der Waals surface area (Å²) in [5.41, 5.74) is 0.715. The van der Waals surface area contributed by atoms with Crippen molar-refractivity contribution in [3.05, 3.63) is 35.9 Å². The molecule has 1 saturated heterocycles. The Kier molecular flexibility index (Phi) is 4.50. The molecule has 0 radical (unpaired) electrons. The highest BCUT2D eigenvalue weighted by Gasteiger charge is 2.48. The first kappa shape index (κ1) is 16.6. The second-order valence-corrected chi connectivity index (χ2v) is 7.86. The predicted molar refractivity (Wildman–Crippen MR) is 95.9 cm³/mol. The Labute approximate surface area is 148 Å². The molecule has 3 amide bonds. The molecule has 3 fully saturated rings. The third-order valence-corrected chi connectivity index (χ3v) is 6.30. The molecule has 1 atom stereocenters. The van der Waals surface area contributed by atoms with Crippen LogP contribution in [0.15, 0.2) is 30.3 Å². The van der Waals surface area contributed by atoms with Crippen LogP contribution in [0.5, 0.6) is 0 Å². The van der Waals surface area contributed by atoms with Gasteiger partial charge in [0.25, 0.3) is 5.91 Å². The summed E-state index contributed by atoms with van der Waals surface area (Å²) in [7, 11) is 0. The number of hydrogen-bond acceptors (Lipinski definition) is 3. The molecule has 3 aliphatic rings. The summed E-state index contributed by atoms with van der Waals surface area (Å²) < 4.78 is 0. The van der Waals surface area contributed by atoms with Gasteiger partial charge in [-0.15, -0.1) is 0 Å². The molecule has 1 aliphatic heterocycles. The van der Waals surface area contributed by atoms with E-state index >= 15 is 0 Å². The lowest BCUT2D eigenvalue weighted by molar-refractivity contribution is -0.125. The monoisotopic (exact) mass is 341 g/mol. The lowest BCUT2D eigenvalue weighted by Gasteiger charge is -2.38. The van der Waals surface area contributed by atoms with Gasteiger partial charge in [-0.05, 0) is 50.0 Å². The summed E-state index contributed by atoms with van der Waals surface area (Å²) >= 11 is 0. The maximum absolute atomic E-state index is 12.1. The van der Waals surface area contributed by atoms with Gasteiger partial charge in [0.15, 0.2) is 0 Å². The van der Waals surface area contributed by atoms with Crippen molar-refractivity contribution in [1.82, 2.24) is 16.0 Å². The minimum absolute atomic E-state index is 0.147. The van der Waals surface area contributed by atoms with E-state index in [9.17, 15) is 9.59 Å². The fourth-order valence-corrected chi connectivity index (χ4v) is 4.87. The Balaban J connectivity index is 1.43. The van der Waals surface area contributed by atoms with Crippen LogP contribution in [0.3, 0.4) is 0 Å². The summed E-state index contributed by atoms with van der Waals surface area (Å²) in [6.07, 6.45) is 8.52. The number of benzene rings is 1. The second kappa shape index (κ2) is 6.79. The zero-order valence-corrected chi connectivity index (χ0v) is 14.6. The van der Waals surface area contributed by atoms with E-state index in [1.807, 2.05) is 0 Å². The van der Waals surface area contributed by atoms with E-state index in [0.717, 1.165) is 12.8 Å². The summed E-state index contributed by atoms with van der Waals surface area (Å²) in [5, 5.41) is 9.15. The Hall–Kier alpha value is -1.88. The number of carbonyl (C=O) groups excluding carboxylic acids is 2. The molecule has 5 heteroatoms. The average molecular weight is 341 g/mol. The van der Waals surface area contributed by atoms with Crippen LogP contribution in [0.1, 0.15) is 63.0 Å². The minimum atomic E-state index is -0.662. The molecule has 2 aliphatic carbocycles. The minimum Gasteiger partial charge on any atom is -0.323 e. The summed E-state index contributed by atoms with van der Waals surface area (Å²) in [5.74, 6) is 0.555. The third-order valence-electron chi connectivity index (χ3n) is 6.30. The highest BCUT2D eigenvalue weighted by atomic mass is 16.2. The Morgan fingerprint density at radius 1 is 1.00 bits per heavy atom. The highest BCUT2D eigenvalue weighted by molar-refractivity contribution is 6.07. The molecule has 3 N–H and O–H groups in total. The van der Waals surface area contributed by atoms with E-state index < -0.39 is 5.54 Å². The van der Waals surface area contributed by atoms with Crippen LogP contribution >= 0.6 is 0 Å². The van der Waals surface area contributed by atoms with Gasteiger partial charge in [-0.3, -0.25) is 10.1 Å². The summed E-state index contributed by atoms with van der Waals surface area (Å²) in [6.45, 7) is 0. The van der Waals surface area contributed by atoms with E-state index in [2.05, 4.69) is 46.3 Å². The normalized spacial score (nSPS) is 31.1. The van der Waals surface area contributed by atoms with Gasteiger partial charge in [0.1, 0.15) is 5.54 Å². The van der Waals surface area contributed by atoms with E-state index in [4.69, 9.17) is 0 Å². The molecule has 5 nitrogen and oxygen atoms in total. The molecular weight excluding hydrogens is 314 g/mol. The van der Waals surface area contributed by atoms with E-state index in [1.165, 1.54) is 31.2 Å². The summed E-state index contributed by atoms with van der Waals surface area (Å²) in [4.78, 5) is 23.6. The molecule has 0 aromatic heterocycles. The standard InChI is InChI=1S/C20H27N3O2/c24-18-20(23-19(25)22-18)12-10-16(11-13-20)21-17(15-8-4-5-9-15)14-6-2-1-3-7-14/h1-3,6-7,15-17,21H,4-5,8-13H2,(H2,22,23,24,25)/t16?,17-,20?/m1/s1. The Morgan fingerprint density at radius 3 is 2.28 bits per heavy atom. The van der Waals surface area contributed by atoms with Gasteiger partial charge in [-0.2, -0.15) is 0 Å². The molecule has 1 spiro atoms. The largest absolute Gasteiger partial charge is 0.323 e. The maximum atomic E-state index is 12.1. The smallest absolute Gasteiger partial charge is 0.322 e. The molecule has 4 rings (SSSR count). The Morgan fingerprint density at radius 2 is 1.68 bits per heavy atom. The van der Waals surface area contributed by atoms with Gasteiger partial charge < -0.3 is 10.6 Å². The van der Waals surface area contributed by atoms with Crippen molar-refractivity contribution in [2.45, 2.75) is 69.0 Å². The number of hydrogen-bond donors (Lipinski definition) is 3. The van der Waals surface area contributed by atoms with Crippen LogP contribution in [0.2, 0.25) is 0 Å². The van der Waals surface area contributed by atoms with E-state index in [0.29, 0.717) is 30.8 Å². The third kappa shape index (κ3) is 3.30. The number of urea groups is 1. The van der Waals surface area contributed by atoms with Crippen molar-refractivity contribution in [3.63, 3.8) is 0 Å². The van der Waals surface area contributed by atoms with Crippen LogP contribution < -0.4 is 16.0 Å². The van der Waals surface area contributed by atoms with Crippen molar-refractivity contribution in [1.29, 1.82) is 0 Å². The number of amides is 3. The van der Waals surface area contributed by atoms with Gasteiger partial charge in [-0.25, -0.2) is 4.79 Å². The number of nitrogens with one attached hydrogen (secondary N) is 3. The average Bonchev–Trinajstić information content (AvgIpc) is 3.24. The number of rotatable bonds is 4. The van der Waals surface area contributed by atoms with Gasteiger partial charge in [0.05, 0.1) is 0 Å². The first-order chi connectivity index (χ1) is 12.2. The van der Waals surface area contributed by atoms with E-state index in [-0.39, 0.29) is 11.9 Å². The lowest BCUT2D eigenvalue weighted by Crippen LogP contribution is -2.52. The van der Waals surface area contributed by atoms with Crippen LogP contribution in [-0.2, 0) is 4.79 Å².